The summed E-state index contributed by atoms with van der Waals surface area (Å²) in [5, 5.41) is 4.55. The molecule has 0 spiro atoms. The van der Waals surface area contributed by atoms with Gasteiger partial charge in [0.1, 0.15) is 5.01 Å². The van der Waals surface area contributed by atoms with Gasteiger partial charge < -0.3 is 5.32 Å². The fourth-order valence-corrected chi connectivity index (χ4v) is 3.70. The van der Waals surface area contributed by atoms with Crippen LogP contribution in [0.15, 0.2) is 36.5 Å². The quantitative estimate of drug-likeness (QED) is 0.934. The lowest BCUT2D eigenvalue weighted by molar-refractivity contribution is 0.193. The largest absolute Gasteiger partial charge is 0.317 e. The Hall–Kier alpha value is -0.940. The van der Waals surface area contributed by atoms with E-state index in [-0.39, 0.29) is 12.4 Å². The predicted molar refractivity (Wildman–Crippen MR) is 92.2 cm³/mol. The van der Waals surface area contributed by atoms with Crippen LogP contribution in [-0.4, -0.2) is 36.1 Å². The fraction of sp³-hybridized carbons (Fsp3) is 0.438. The van der Waals surface area contributed by atoms with Crippen LogP contribution in [0.1, 0.15) is 17.7 Å². The van der Waals surface area contributed by atoms with Gasteiger partial charge in [-0.15, -0.1) is 23.7 Å². The van der Waals surface area contributed by atoms with Crippen LogP contribution in [0.3, 0.4) is 0 Å². The molecule has 3 nitrogen and oxygen atoms in total. The van der Waals surface area contributed by atoms with Crippen LogP contribution in [0.4, 0.5) is 0 Å². The van der Waals surface area contributed by atoms with Crippen molar-refractivity contribution in [1.29, 1.82) is 0 Å². The monoisotopic (exact) mass is 323 g/mol. The summed E-state index contributed by atoms with van der Waals surface area (Å²) in [5.74, 6) is 0. The number of nitrogens with one attached hydrogen (secondary N) is 1. The highest BCUT2D eigenvalue weighted by molar-refractivity contribution is 7.15. The summed E-state index contributed by atoms with van der Waals surface area (Å²) in [4.78, 5) is 8.39. The van der Waals surface area contributed by atoms with Gasteiger partial charge in [-0.2, -0.15) is 0 Å². The van der Waals surface area contributed by atoms with Crippen LogP contribution in [-0.2, 0) is 6.54 Å². The van der Waals surface area contributed by atoms with Crippen molar-refractivity contribution in [2.24, 2.45) is 0 Å². The molecule has 0 aliphatic carbocycles. The van der Waals surface area contributed by atoms with Crippen LogP contribution in [0.2, 0.25) is 0 Å². The first-order valence-corrected chi connectivity index (χ1v) is 8.05. The summed E-state index contributed by atoms with van der Waals surface area (Å²) in [6.45, 7) is 3.30. The first kappa shape index (κ1) is 16.4. The van der Waals surface area contributed by atoms with E-state index in [9.17, 15) is 0 Å². The van der Waals surface area contributed by atoms with E-state index in [0.717, 1.165) is 24.6 Å². The molecule has 0 unspecified atom stereocenters. The maximum atomic E-state index is 4.56. The molecule has 1 fully saturated rings. The van der Waals surface area contributed by atoms with Gasteiger partial charge >= 0.3 is 0 Å². The van der Waals surface area contributed by atoms with Crippen molar-refractivity contribution in [2.75, 3.05) is 20.1 Å². The van der Waals surface area contributed by atoms with Crippen molar-refractivity contribution in [1.82, 2.24) is 15.2 Å². The molecule has 0 saturated carbocycles. The Balaban J connectivity index is 0.00000161. The van der Waals surface area contributed by atoms with Crippen LogP contribution < -0.4 is 5.32 Å². The Morgan fingerprint density at radius 3 is 2.67 bits per heavy atom. The van der Waals surface area contributed by atoms with E-state index in [0.29, 0.717) is 6.04 Å². The lowest BCUT2D eigenvalue weighted by Crippen LogP contribution is -2.40. The first-order valence-electron chi connectivity index (χ1n) is 7.24. The number of hydrogen-bond donors (Lipinski definition) is 1. The average Bonchev–Trinajstić information content (AvgIpc) is 2.97. The second kappa shape index (κ2) is 7.90. The molecular formula is C16H22ClN3S. The Morgan fingerprint density at radius 1 is 1.24 bits per heavy atom. The Kier molecular flexibility index (Phi) is 6.18. The maximum Gasteiger partial charge on any atom is 0.123 e. The molecule has 2 heterocycles. The van der Waals surface area contributed by atoms with Crippen molar-refractivity contribution in [3.8, 4) is 10.6 Å². The number of benzene rings is 1. The van der Waals surface area contributed by atoms with E-state index in [4.69, 9.17) is 0 Å². The van der Waals surface area contributed by atoms with E-state index < -0.39 is 0 Å². The number of nitrogens with zero attached hydrogens (tertiary/aromatic N) is 2. The highest BCUT2D eigenvalue weighted by atomic mass is 35.5. The highest BCUT2D eigenvalue weighted by Gasteiger charge is 2.18. The minimum absolute atomic E-state index is 0. The molecule has 2 aromatic rings. The molecule has 0 amide bonds. The summed E-state index contributed by atoms with van der Waals surface area (Å²) in [7, 11) is 2.23. The molecule has 1 aromatic carbocycles. The Labute approximate surface area is 136 Å². The smallest absolute Gasteiger partial charge is 0.123 e. The number of halogens is 1. The van der Waals surface area contributed by atoms with E-state index in [1.165, 1.54) is 23.3 Å². The van der Waals surface area contributed by atoms with Crippen LogP contribution in [0, 0.1) is 0 Å². The van der Waals surface area contributed by atoms with E-state index in [2.05, 4.69) is 46.5 Å². The fourth-order valence-electron chi connectivity index (χ4n) is 2.72. The molecule has 1 aliphatic rings. The Bertz CT molecular complexity index is 537. The van der Waals surface area contributed by atoms with Gasteiger partial charge in [-0.1, -0.05) is 30.3 Å². The van der Waals surface area contributed by atoms with Gasteiger partial charge in [0, 0.05) is 29.2 Å². The first-order chi connectivity index (χ1) is 9.83. The maximum absolute atomic E-state index is 4.56. The molecule has 1 saturated heterocycles. The van der Waals surface area contributed by atoms with Gasteiger partial charge in [-0.3, -0.25) is 4.90 Å². The van der Waals surface area contributed by atoms with Crippen LogP contribution in [0.5, 0.6) is 0 Å². The van der Waals surface area contributed by atoms with Crippen molar-refractivity contribution < 1.29 is 0 Å². The van der Waals surface area contributed by atoms with Crippen LogP contribution in [0.25, 0.3) is 10.6 Å². The second-order valence-electron chi connectivity index (χ2n) is 5.39. The molecule has 1 aliphatic heterocycles. The molecule has 5 heteroatoms. The topological polar surface area (TPSA) is 28.2 Å². The number of piperidine rings is 1. The molecule has 0 atom stereocenters. The van der Waals surface area contributed by atoms with Crippen molar-refractivity contribution >= 4 is 23.7 Å². The van der Waals surface area contributed by atoms with E-state index in [1.807, 2.05) is 23.6 Å². The Morgan fingerprint density at radius 2 is 1.95 bits per heavy atom. The van der Waals surface area contributed by atoms with Crippen molar-refractivity contribution in [3.05, 3.63) is 41.4 Å². The molecule has 0 bridgehead atoms. The summed E-state index contributed by atoms with van der Waals surface area (Å²) < 4.78 is 0. The average molecular weight is 324 g/mol. The lowest BCUT2D eigenvalue weighted by atomic mass is 10.1. The normalized spacial score (nSPS) is 15.9. The molecule has 1 N–H and O–H groups in total. The minimum Gasteiger partial charge on any atom is -0.317 e. The summed E-state index contributed by atoms with van der Waals surface area (Å²) in [5.41, 5.74) is 1.22. The van der Waals surface area contributed by atoms with Gasteiger partial charge in [-0.25, -0.2) is 4.98 Å². The summed E-state index contributed by atoms with van der Waals surface area (Å²) in [6, 6.07) is 11.1. The third-order valence-electron chi connectivity index (χ3n) is 3.91. The third-order valence-corrected chi connectivity index (χ3v) is 4.94. The highest BCUT2D eigenvalue weighted by Crippen LogP contribution is 2.26. The predicted octanol–water partition coefficient (Wildman–Crippen LogP) is 3.42. The summed E-state index contributed by atoms with van der Waals surface area (Å²) >= 11 is 1.81. The van der Waals surface area contributed by atoms with Gasteiger partial charge in [0.25, 0.3) is 0 Å². The SMILES string of the molecule is CN(Cc1cnc(-c2ccccc2)s1)C1CCNCC1.Cl. The van der Waals surface area contributed by atoms with Crippen molar-refractivity contribution in [3.63, 3.8) is 0 Å². The number of hydrogen-bond acceptors (Lipinski definition) is 4. The summed E-state index contributed by atoms with van der Waals surface area (Å²) in [6.07, 6.45) is 4.53. The molecule has 0 radical (unpaired) electrons. The van der Waals surface area contributed by atoms with E-state index in [1.54, 1.807) is 0 Å². The third kappa shape index (κ3) is 4.27. The van der Waals surface area contributed by atoms with Gasteiger partial charge in [0.2, 0.25) is 0 Å². The number of rotatable bonds is 4. The van der Waals surface area contributed by atoms with Gasteiger partial charge in [0.05, 0.1) is 0 Å². The van der Waals surface area contributed by atoms with Gasteiger partial charge in [0.15, 0.2) is 0 Å². The van der Waals surface area contributed by atoms with Crippen molar-refractivity contribution in [2.45, 2.75) is 25.4 Å². The zero-order chi connectivity index (χ0) is 13.8. The number of thiazole rings is 1. The molecule has 1 aromatic heterocycles. The molecule has 3 rings (SSSR count). The molecular weight excluding hydrogens is 302 g/mol. The zero-order valence-corrected chi connectivity index (χ0v) is 13.9. The molecule has 21 heavy (non-hydrogen) atoms. The minimum atomic E-state index is 0. The lowest BCUT2D eigenvalue weighted by Gasteiger charge is -2.31. The second-order valence-corrected chi connectivity index (χ2v) is 6.51. The zero-order valence-electron chi connectivity index (χ0n) is 12.3. The number of aromatic nitrogens is 1. The van der Waals surface area contributed by atoms with Crippen LogP contribution >= 0.6 is 23.7 Å². The molecule has 114 valence electrons. The van der Waals surface area contributed by atoms with Gasteiger partial charge in [-0.05, 0) is 33.0 Å². The van der Waals surface area contributed by atoms with E-state index >= 15 is 0 Å². The standard InChI is InChI=1S/C16H21N3S.ClH/c1-19(14-7-9-17-10-8-14)12-15-11-18-16(20-15)13-5-3-2-4-6-13;/h2-6,11,14,17H,7-10,12H2,1H3;1H.